The highest BCUT2D eigenvalue weighted by atomic mass is 19.4. The molecule has 0 atom stereocenters. The van der Waals surface area contributed by atoms with Crippen molar-refractivity contribution >= 4 is 16.8 Å². The zero-order valence-electron chi connectivity index (χ0n) is 13.8. The molecule has 1 aromatic carbocycles. The largest absolute Gasteiger partial charge is 0.573 e. The van der Waals surface area contributed by atoms with E-state index in [2.05, 4.69) is 25.0 Å². The molecule has 0 aliphatic carbocycles. The molecule has 0 bridgehead atoms. The van der Waals surface area contributed by atoms with Crippen LogP contribution in [0.2, 0.25) is 0 Å². The number of aromatic nitrogens is 6. The molecular weight excluding hydrogens is 365 g/mol. The van der Waals surface area contributed by atoms with Crippen molar-refractivity contribution in [3.8, 4) is 11.4 Å². The van der Waals surface area contributed by atoms with Crippen LogP contribution in [0.15, 0.2) is 41.3 Å². The average molecular weight is 376 g/mol. The van der Waals surface area contributed by atoms with E-state index in [0.29, 0.717) is 17.8 Å². The first-order valence-electron chi connectivity index (χ1n) is 7.85. The second-order valence-electron chi connectivity index (χ2n) is 5.56. The monoisotopic (exact) mass is 376 g/mol. The molecule has 0 aliphatic heterocycles. The van der Waals surface area contributed by atoms with E-state index in [1.807, 2.05) is 6.92 Å². The molecule has 27 heavy (non-hydrogen) atoms. The van der Waals surface area contributed by atoms with Gasteiger partial charge in [0.15, 0.2) is 11.3 Å². The summed E-state index contributed by atoms with van der Waals surface area (Å²) in [5, 5.41) is 12.1. The topological polar surface area (TPSA) is 87.2 Å². The van der Waals surface area contributed by atoms with Crippen LogP contribution in [0.25, 0.3) is 22.5 Å². The summed E-state index contributed by atoms with van der Waals surface area (Å²) in [7, 11) is 0. The van der Waals surface area contributed by atoms with Gasteiger partial charge in [-0.15, -0.1) is 28.5 Å². The average Bonchev–Trinajstić information content (AvgIpc) is 3.04. The zero-order chi connectivity index (χ0) is 19.2. The first-order valence-corrected chi connectivity index (χ1v) is 7.85. The highest BCUT2D eigenvalue weighted by Gasteiger charge is 2.31. The molecule has 3 heterocycles. The van der Waals surface area contributed by atoms with E-state index >= 15 is 0 Å². The van der Waals surface area contributed by atoms with E-state index in [-0.39, 0.29) is 17.0 Å². The maximum atomic E-state index is 12.8. The van der Waals surface area contributed by atoms with Crippen LogP contribution in [0.3, 0.4) is 0 Å². The highest BCUT2D eigenvalue weighted by molar-refractivity contribution is 5.74. The second kappa shape index (κ2) is 6.04. The molecule has 138 valence electrons. The van der Waals surface area contributed by atoms with Crippen LogP contribution in [-0.2, 0) is 6.42 Å². The van der Waals surface area contributed by atoms with Gasteiger partial charge in [-0.1, -0.05) is 13.0 Å². The van der Waals surface area contributed by atoms with E-state index in [1.54, 1.807) is 6.07 Å². The van der Waals surface area contributed by atoms with Crippen molar-refractivity contribution in [1.82, 2.24) is 29.4 Å². The van der Waals surface area contributed by atoms with Gasteiger partial charge in [-0.05, 0) is 18.2 Å². The maximum absolute atomic E-state index is 12.8. The molecule has 11 heteroatoms. The lowest BCUT2D eigenvalue weighted by Gasteiger charge is -2.11. The van der Waals surface area contributed by atoms with E-state index in [0.717, 1.165) is 16.7 Å². The van der Waals surface area contributed by atoms with Crippen molar-refractivity contribution in [2.45, 2.75) is 19.7 Å². The fourth-order valence-electron chi connectivity index (χ4n) is 2.63. The number of fused-ring (bicyclic) bond motifs is 3. The molecule has 4 rings (SSSR count). The van der Waals surface area contributed by atoms with Gasteiger partial charge in [0.05, 0.1) is 5.69 Å². The Morgan fingerprint density at radius 2 is 2.00 bits per heavy atom. The Bertz CT molecular complexity index is 1210. The van der Waals surface area contributed by atoms with Crippen molar-refractivity contribution in [2.24, 2.45) is 0 Å². The van der Waals surface area contributed by atoms with Gasteiger partial charge in [0.25, 0.3) is 11.3 Å². The van der Waals surface area contributed by atoms with E-state index in [4.69, 9.17) is 0 Å². The van der Waals surface area contributed by atoms with Crippen LogP contribution in [0, 0.1) is 0 Å². The summed E-state index contributed by atoms with van der Waals surface area (Å²) in [5.41, 5.74) is 0.0498. The molecule has 0 fully saturated rings. The number of hydrogen-bond acceptors (Lipinski definition) is 6. The summed E-state index contributed by atoms with van der Waals surface area (Å²) in [5.74, 6) is 0.382. The van der Waals surface area contributed by atoms with E-state index < -0.39 is 17.7 Å². The predicted octanol–water partition coefficient (Wildman–Crippen LogP) is 2.28. The van der Waals surface area contributed by atoms with Gasteiger partial charge in [0, 0.05) is 18.7 Å². The summed E-state index contributed by atoms with van der Waals surface area (Å²) in [6.45, 7) is 1.88. The summed E-state index contributed by atoms with van der Waals surface area (Å²) in [6.07, 6.45) is -2.81. The lowest BCUT2D eigenvalue weighted by molar-refractivity contribution is -0.274. The number of pyridine rings is 1. The second-order valence-corrected chi connectivity index (χ2v) is 5.56. The van der Waals surface area contributed by atoms with Gasteiger partial charge in [-0.25, -0.2) is 0 Å². The quantitative estimate of drug-likeness (QED) is 0.545. The van der Waals surface area contributed by atoms with Crippen molar-refractivity contribution in [3.63, 3.8) is 0 Å². The minimum Gasteiger partial charge on any atom is -0.406 e. The van der Waals surface area contributed by atoms with Crippen molar-refractivity contribution in [2.75, 3.05) is 0 Å². The van der Waals surface area contributed by atoms with Crippen molar-refractivity contribution < 1.29 is 17.9 Å². The molecule has 0 radical (unpaired) electrons. The predicted molar refractivity (Wildman–Crippen MR) is 87.7 cm³/mol. The minimum atomic E-state index is -4.83. The Morgan fingerprint density at radius 1 is 1.19 bits per heavy atom. The molecule has 0 amide bonds. The smallest absolute Gasteiger partial charge is 0.406 e. The van der Waals surface area contributed by atoms with Crippen molar-refractivity contribution in [3.05, 3.63) is 52.7 Å². The fourth-order valence-corrected chi connectivity index (χ4v) is 2.63. The number of hydrogen-bond donors (Lipinski definition) is 0. The van der Waals surface area contributed by atoms with E-state index in [1.165, 1.54) is 22.8 Å². The Hall–Kier alpha value is -3.50. The van der Waals surface area contributed by atoms with Gasteiger partial charge in [0.1, 0.15) is 11.3 Å². The van der Waals surface area contributed by atoms with Gasteiger partial charge < -0.3 is 4.74 Å². The third-order valence-electron chi connectivity index (χ3n) is 3.79. The van der Waals surface area contributed by atoms with Crippen LogP contribution in [0.1, 0.15) is 12.7 Å². The van der Waals surface area contributed by atoms with Crippen molar-refractivity contribution in [1.29, 1.82) is 0 Å². The molecule has 3 aromatic heterocycles. The first-order chi connectivity index (χ1) is 12.9. The first kappa shape index (κ1) is 16.9. The number of ether oxygens (including phenoxy) is 1. The summed E-state index contributed by atoms with van der Waals surface area (Å²) in [4.78, 5) is 17.0. The summed E-state index contributed by atoms with van der Waals surface area (Å²) in [6, 6.07) is 6.66. The molecule has 0 N–H and O–H groups in total. The Balaban J connectivity index is 1.86. The SMILES string of the molecule is CCc1nc2nnc3c(=O)n(-c4cccc(OC(F)(F)F)c4)ccc3n2n1. The Labute approximate surface area is 148 Å². The lowest BCUT2D eigenvalue weighted by atomic mass is 10.3. The van der Waals surface area contributed by atoms with Crippen LogP contribution in [0.4, 0.5) is 13.2 Å². The van der Waals surface area contributed by atoms with Crippen LogP contribution >= 0.6 is 0 Å². The minimum absolute atomic E-state index is 0.0136. The molecule has 0 spiro atoms. The number of halogens is 3. The standard InChI is InChI=1S/C16H11F3N6O2/c1-2-12-20-15-22-21-13-11(25(15)23-12)6-7-24(14(13)26)9-4-3-5-10(8-9)27-16(17,18)19/h3-8H,2H2,1H3. The third kappa shape index (κ3) is 3.07. The van der Waals surface area contributed by atoms with Crippen LogP contribution < -0.4 is 10.3 Å². The molecule has 0 aliphatic rings. The summed E-state index contributed by atoms with van der Waals surface area (Å²) >= 11 is 0. The Morgan fingerprint density at radius 3 is 2.74 bits per heavy atom. The number of alkyl halides is 3. The molecule has 0 saturated carbocycles. The van der Waals surface area contributed by atoms with E-state index in [9.17, 15) is 18.0 Å². The maximum Gasteiger partial charge on any atom is 0.573 e. The number of nitrogens with zero attached hydrogens (tertiary/aromatic N) is 6. The van der Waals surface area contributed by atoms with Gasteiger partial charge in [-0.3, -0.25) is 9.36 Å². The highest BCUT2D eigenvalue weighted by Crippen LogP contribution is 2.24. The lowest BCUT2D eigenvalue weighted by Crippen LogP contribution is -2.21. The molecule has 4 aromatic rings. The van der Waals surface area contributed by atoms with Gasteiger partial charge >= 0.3 is 6.36 Å². The molecule has 0 unspecified atom stereocenters. The van der Waals surface area contributed by atoms with Gasteiger partial charge in [0.2, 0.25) is 0 Å². The normalized spacial score (nSPS) is 12.0. The van der Waals surface area contributed by atoms with Crippen LogP contribution in [-0.4, -0.2) is 35.7 Å². The summed E-state index contributed by atoms with van der Waals surface area (Å²) < 4.78 is 43.7. The van der Waals surface area contributed by atoms with Crippen LogP contribution in [0.5, 0.6) is 5.75 Å². The number of benzene rings is 1. The molecular formula is C16H11F3N6O2. The Kier molecular flexibility index (Phi) is 3.79. The zero-order valence-corrected chi connectivity index (χ0v) is 13.8. The number of aryl methyl sites for hydroxylation is 1. The molecule has 8 nitrogen and oxygen atoms in total. The fraction of sp³-hybridized carbons (Fsp3) is 0.188. The van der Waals surface area contributed by atoms with Gasteiger partial charge in [-0.2, -0.15) is 9.50 Å². The molecule has 0 saturated heterocycles. The third-order valence-corrected chi connectivity index (χ3v) is 3.79. The number of rotatable bonds is 3.